The van der Waals surface area contributed by atoms with Crippen LogP contribution in [-0.4, -0.2) is 43.1 Å². The van der Waals surface area contributed by atoms with Gasteiger partial charge in [0, 0.05) is 25.2 Å². The van der Waals surface area contributed by atoms with Crippen LogP contribution >= 0.6 is 0 Å². The van der Waals surface area contributed by atoms with Gasteiger partial charge in [-0.05, 0) is 32.0 Å². The molecular formula is C14H19FN2O2. The molecule has 1 aromatic rings. The van der Waals surface area contributed by atoms with Gasteiger partial charge < -0.3 is 15.0 Å². The van der Waals surface area contributed by atoms with Crippen molar-refractivity contribution in [3.63, 3.8) is 0 Å². The Hall–Kier alpha value is -1.62. The third-order valence-corrected chi connectivity index (χ3v) is 3.25. The third kappa shape index (κ3) is 3.04. The lowest BCUT2D eigenvalue weighted by Gasteiger charge is -2.39. The second kappa shape index (κ2) is 5.17. The molecule has 0 spiro atoms. The zero-order valence-electron chi connectivity index (χ0n) is 11.5. The van der Waals surface area contributed by atoms with Gasteiger partial charge in [-0.3, -0.25) is 4.79 Å². The van der Waals surface area contributed by atoms with E-state index in [2.05, 4.69) is 5.32 Å². The average molecular weight is 266 g/mol. The largest absolute Gasteiger partial charge is 0.496 e. The van der Waals surface area contributed by atoms with E-state index < -0.39 is 5.82 Å². The number of ether oxygens (including phenoxy) is 1. The number of methoxy groups -OCH3 is 1. The van der Waals surface area contributed by atoms with Gasteiger partial charge in [0.05, 0.1) is 12.7 Å². The molecule has 0 atom stereocenters. The number of rotatable bonds is 2. The molecule has 0 aliphatic carbocycles. The summed E-state index contributed by atoms with van der Waals surface area (Å²) in [6, 6.07) is 4.00. The van der Waals surface area contributed by atoms with Crippen LogP contribution in [0.4, 0.5) is 4.39 Å². The Bertz CT molecular complexity index is 488. The predicted molar refractivity (Wildman–Crippen MR) is 70.9 cm³/mol. The molecule has 1 heterocycles. The minimum absolute atomic E-state index is 0.130. The van der Waals surface area contributed by atoms with E-state index in [0.29, 0.717) is 18.8 Å². The molecule has 104 valence electrons. The fourth-order valence-electron chi connectivity index (χ4n) is 2.33. The highest BCUT2D eigenvalue weighted by Gasteiger charge is 2.30. The summed E-state index contributed by atoms with van der Waals surface area (Å²) in [5.74, 6) is -0.216. The minimum atomic E-state index is -0.432. The van der Waals surface area contributed by atoms with E-state index in [1.54, 1.807) is 4.90 Å². The van der Waals surface area contributed by atoms with Crippen molar-refractivity contribution < 1.29 is 13.9 Å². The molecule has 0 radical (unpaired) electrons. The molecular weight excluding hydrogens is 247 g/mol. The van der Waals surface area contributed by atoms with Gasteiger partial charge >= 0.3 is 0 Å². The smallest absolute Gasteiger partial charge is 0.257 e. The van der Waals surface area contributed by atoms with Crippen molar-refractivity contribution in [2.24, 2.45) is 0 Å². The highest BCUT2D eigenvalue weighted by atomic mass is 19.1. The lowest BCUT2D eigenvalue weighted by molar-refractivity contribution is 0.0648. The summed E-state index contributed by atoms with van der Waals surface area (Å²) in [6.07, 6.45) is 0. The van der Waals surface area contributed by atoms with Gasteiger partial charge in [0.25, 0.3) is 5.91 Å². The maximum atomic E-state index is 13.3. The topological polar surface area (TPSA) is 41.6 Å². The second-order valence-corrected chi connectivity index (χ2v) is 5.38. The number of nitrogens with one attached hydrogen (secondary N) is 1. The first-order valence-electron chi connectivity index (χ1n) is 6.31. The van der Waals surface area contributed by atoms with Crippen molar-refractivity contribution in [2.75, 3.05) is 26.7 Å². The Balaban J connectivity index is 2.26. The van der Waals surface area contributed by atoms with E-state index in [1.165, 1.54) is 25.3 Å². The van der Waals surface area contributed by atoms with E-state index in [0.717, 1.165) is 6.54 Å². The standard InChI is InChI=1S/C14H19FN2O2/c1-14(2)9-17(7-6-16-14)13(18)11-8-10(15)4-5-12(11)19-3/h4-5,8,16H,6-7,9H2,1-3H3. The van der Waals surface area contributed by atoms with Crippen LogP contribution in [0.2, 0.25) is 0 Å². The summed E-state index contributed by atoms with van der Waals surface area (Å²) < 4.78 is 18.5. The molecule has 1 aromatic carbocycles. The summed E-state index contributed by atoms with van der Waals surface area (Å²) in [7, 11) is 1.48. The zero-order chi connectivity index (χ0) is 14.0. The van der Waals surface area contributed by atoms with Crippen LogP contribution in [0.25, 0.3) is 0 Å². The van der Waals surface area contributed by atoms with Crippen molar-refractivity contribution in [1.82, 2.24) is 10.2 Å². The molecule has 1 aliphatic rings. The van der Waals surface area contributed by atoms with Crippen LogP contribution in [0, 0.1) is 5.82 Å². The third-order valence-electron chi connectivity index (χ3n) is 3.25. The summed E-state index contributed by atoms with van der Waals surface area (Å²) in [6.45, 7) is 6.01. The van der Waals surface area contributed by atoms with Gasteiger partial charge in [-0.2, -0.15) is 0 Å². The average Bonchev–Trinajstić information content (AvgIpc) is 2.36. The highest BCUT2D eigenvalue weighted by molar-refractivity contribution is 5.97. The molecule has 0 saturated carbocycles. The number of halogens is 1. The van der Waals surface area contributed by atoms with Crippen LogP contribution in [0.15, 0.2) is 18.2 Å². The van der Waals surface area contributed by atoms with Crippen molar-refractivity contribution in [1.29, 1.82) is 0 Å². The second-order valence-electron chi connectivity index (χ2n) is 5.38. The van der Waals surface area contributed by atoms with E-state index >= 15 is 0 Å². The molecule has 2 rings (SSSR count). The monoisotopic (exact) mass is 266 g/mol. The number of amides is 1. The molecule has 5 heteroatoms. The molecule has 19 heavy (non-hydrogen) atoms. The number of carbonyl (C=O) groups excluding carboxylic acids is 1. The number of hydrogen-bond acceptors (Lipinski definition) is 3. The molecule has 4 nitrogen and oxygen atoms in total. The van der Waals surface area contributed by atoms with Gasteiger partial charge in [0.2, 0.25) is 0 Å². The quantitative estimate of drug-likeness (QED) is 0.885. The summed E-state index contributed by atoms with van der Waals surface area (Å²) >= 11 is 0. The summed E-state index contributed by atoms with van der Waals surface area (Å²) in [4.78, 5) is 14.2. The Kier molecular flexibility index (Phi) is 3.75. The van der Waals surface area contributed by atoms with Crippen LogP contribution in [0.1, 0.15) is 24.2 Å². The number of benzene rings is 1. The first-order valence-corrected chi connectivity index (χ1v) is 6.31. The number of hydrogen-bond donors (Lipinski definition) is 1. The maximum Gasteiger partial charge on any atom is 0.257 e. The number of nitrogens with zero attached hydrogens (tertiary/aromatic N) is 1. The maximum absolute atomic E-state index is 13.3. The molecule has 1 saturated heterocycles. The molecule has 0 unspecified atom stereocenters. The van der Waals surface area contributed by atoms with Gasteiger partial charge in [0.15, 0.2) is 0 Å². The number of carbonyl (C=O) groups is 1. The van der Waals surface area contributed by atoms with Gasteiger partial charge in [-0.15, -0.1) is 0 Å². The summed E-state index contributed by atoms with van der Waals surface area (Å²) in [5, 5.41) is 3.34. The molecule has 1 fully saturated rings. The fraction of sp³-hybridized carbons (Fsp3) is 0.500. The molecule has 1 N–H and O–H groups in total. The number of piperazine rings is 1. The van der Waals surface area contributed by atoms with Gasteiger partial charge in [0.1, 0.15) is 11.6 Å². The van der Waals surface area contributed by atoms with Gasteiger partial charge in [-0.1, -0.05) is 0 Å². The highest BCUT2D eigenvalue weighted by Crippen LogP contribution is 2.22. The summed E-state index contributed by atoms with van der Waals surface area (Å²) in [5.41, 5.74) is 0.147. The Labute approximate surface area is 112 Å². The van der Waals surface area contributed by atoms with E-state index in [1.807, 2.05) is 13.8 Å². The fourth-order valence-corrected chi connectivity index (χ4v) is 2.33. The van der Waals surface area contributed by atoms with Crippen LogP contribution in [0.5, 0.6) is 5.75 Å². The Morgan fingerprint density at radius 3 is 2.84 bits per heavy atom. The van der Waals surface area contributed by atoms with Crippen molar-refractivity contribution in [3.05, 3.63) is 29.6 Å². The van der Waals surface area contributed by atoms with E-state index in [4.69, 9.17) is 4.74 Å². The van der Waals surface area contributed by atoms with Crippen molar-refractivity contribution in [2.45, 2.75) is 19.4 Å². The van der Waals surface area contributed by atoms with Crippen molar-refractivity contribution in [3.8, 4) is 5.75 Å². The Morgan fingerprint density at radius 1 is 1.47 bits per heavy atom. The molecule has 0 bridgehead atoms. The first kappa shape index (κ1) is 13.8. The zero-order valence-corrected chi connectivity index (χ0v) is 11.5. The lowest BCUT2D eigenvalue weighted by atomic mass is 10.0. The Morgan fingerprint density at radius 2 is 2.21 bits per heavy atom. The SMILES string of the molecule is COc1ccc(F)cc1C(=O)N1CCNC(C)(C)C1. The van der Waals surface area contributed by atoms with Crippen LogP contribution < -0.4 is 10.1 Å². The normalized spacial score (nSPS) is 18.2. The molecule has 1 aliphatic heterocycles. The predicted octanol–water partition coefficient (Wildman–Crippen LogP) is 1.66. The lowest BCUT2D eigenvalue weighted by Crippen LogP contribution is -2.58. The van der Waals surface area contributed by atoms with E-state index in [-0.39, 0.29) is 17.0 Å². The first-order chi connectivity index (χ1) is 8.93. The van der Waals surface area contributed by atoms with E-state index in [9.17, 15) is 9.18 Å². The van der Waals surface area contributed by atoms with Crippen LogP contribution in [-0.2, 0) is 0 Å². The minimum Gasteiger partial charge on any atom is -0.496 e. The van der Waals surface area contributed by atoms with Crippen molar-refractivity contribution >= 4 is 5.91 Å². The molecule has 1 amide bonds. The van der Waals surface area contributed by atoms with Gasteiger partial charge in [-0.25, -0.2) is 4.39 Å². The van der Waals surface area contributed by atoms with Crippen LogP contribution in [0.3, 0.4) is 0 Å². The molecule has 0 aromatic heterocycles.